The number of carbonyl (C=O) groups is 1. The Balaban J connectivity index is 2.06. The van der Waals surface area contributed by atoms with Gasteiger partial charge in [-0.1, -0.05) is 18.2 Å². The Morgan fingerprint density at radius 3 is 1.59 bits per heavy atom. The lowest BCUT2D eigenvalue weighted by atomic mass is 9.76. The SMILES string of the molecule is O=C1OC2(c3ccccc31)c1cc([N+](=O)[O-])c(O)c([N+](=O)[O-])c1Oc1c2cc([N+](=O)[O-])c(O)c1[N+](=O)[O-]. The van der Waals surface area contributed by atoms with Gasteiger partial charge < -0.3 is 19.7 Å². The second-order valence-electron chi connectivity index (χ2n) is 7.69. The van der Waals surface area contributed by atoms with E-state index in [1.807, 2.05) is 0 Å². The first-order chi connectivity index (χ1) is 17.4. The largest absolute Gasteiger partial charge is 0.497 e. The van der Waals surface area contributed by atoms with Crippen LogP contribution >= 0.6 is 0 Å². The molecule has 37 heavy (non-hydrogen) atoms. The summed E-state index contributed by atoms with van der Waals surface area (Å²) in [5.41, 5.74) is -9.26. The zero-order valence-electron chi connectivity index (χ0n) is 17.6. The predicted molar refractivity (Wildman–Crippen MR) is 115 cm³/mol. The normalized spacial score (nSPS) is 14.1. The van der Waals surface area contributed by atoms with E-state index < -0.39 is 88.1 Å². The number of aromatic hydroxyl groups is 2. The monoisotopic (exact) mass is 512 g/mol. The molecule has 5 rings (SSSR count). The first kappa shape index (κ1) is 22.9. The molecule has 0 aromatic heterocycles. The van der Waals surface area contributed by atoms with Gasteiger partial charge in [0.15, 0.2) is 5.60 Å². The van der Waals surface area contributed by atoms with E-state index in [9.17, 15) is 55.5 Å². The van der Waals surface area contributed by atoms with Crippen molar-refractivity contribution in [1.82, 2.24) is 0 Å². The Bertz CT molecular complexity index is 1560. The molecule has 0 unspecified atom stereocenters. The van der Waals surface area contributed by atoms with E-state index in [4.69, 9.17) is 9.47 Å². The number of hydrogen-bond donors (Lipinski definition) is 2. The van der Waals surface area contributed by atoms with Gasteiger partial charge in [0.05, 0.1) is 36.4 Å². The van der Waals surface area contributed by atoms with Crippen LogP contribution in [0.2, 0.25) is 0 Å². The van der Waals surface area contributed by atoms with Crippen molar-refractivity contribution >= 4 is 28.7 Å². The Morgan fingerprint density at radius 1 is 0.703 bits per heavy atom. The Hall–Kier alpha value is -5.87. The average molecular weight is 512 g/mol. The van der Waals surface area contributed by atoms with Crippen molar-refractivity contribution < 1.29 is 44.2 Å². The summed E-state index contributed by atoms with van der Waals surface area (Å²) >= 11 is 0. The van der Waals surface area contributed by atoms with Gasteiger partial charge in [0.1, 0.15) is 0 Å². The minimum atomic E-state index is -2.48. The van der Waals surface area contributed by atoms with E-state index >= 15 is 0 Å². The maximum absolute atomic E-state index is 12.9. The van der Waals surface area contributed by atoms with Crippen molar-refractivity contribution in [3.63, 3.8) is 0 Å². The minimum absolute atomic E-state index is 0.144. The molecule has 0 amide bonds. The van der Waals surface area contributed by atoms with E-state index in [1.54, 1.807) is 0 Å². The summed E-state index contributed by atoms with van der Waals surface area (Å²) in [6, 6.07) is 6.50. The van der Waals surface area contributed by atoms with Crippen LogP contribution < -0.4 is 4.74 Å². The number of esters is 1. The average Bonchev–Trinajstić information content (AvgIpc) is 3.10. The molecule has 0 saturated heterocycles. The van der Waals surface area contributed by atoms with Crippen molar-refractivity contribution in [2.24, 2.45) is 0 Å². The second-order valence-corrected chi connectivity index (χ2v) is 7.69. The number of hydrogen-bond acceptors (Lipinski definition) is 13. The molecule has 2 aliphatic rings. The molecule has 3 aromatic rings. The molecule has 0 fully saturated rings. The number of nitro benzene ring substituents is 4. The van der Waals surface area contributed by atoms with Crippen LogP contribution in [0, 0.1) is 40.5 Å². The van der Waals surface area contributed by atoms with Crippen LogP contribution in [-0.2, 0) is 10.3 Å². The molecular weight excluding hydrogens is 504 g/mol. The quantitative estimate of drug-likeness (QED) is 0.289. The number of rotatable bonds is 4. The second kappa shape index (κ2) is 7.31. The Kier molecular flexibility index (Phi) is 4.53. The van der Waals surface area contributed by atoms with Gasteiger partial charge in [-0.05, 0) is 6.07 Å². The van der Waals surface area contributed by atoms with Gasteiger partial charge >= 0.3 is 28.7 Å². The van der Waals surface area contributed by atoms with Crippen molar-refractivity contribution in [2.75, 3.05) is 0 Å². The number of ether oxygens (including phenoxy) is 2. The van der Waals surface area contributed by atoms with E-state index in [0.717, 1.165) is 0 Å². The lowest BCUT2D eigenvalue weighted by Gasteiger charge is -2.35. The number of carbonyl (C=O) groups excluding carboxylic acids is 1. The third-order valence-electron chi connectivity index (χ3n) is 5.91. The molecule has 3 aromatic carbocycles. The molecule has 0 radical (unpaired) electrons. The van der Waals surface area contributed by atoms with Crippen molar-refractivity contribution in [3.05, 3.63) is 99.1 Å². The number of nitro groups is 4. The minimum Gasteiger partial charge on any atom is -0.497 e. The molecule has 186 valence electrons. The van der Waals surface area contributed by atoms with Gasteiger partial charge in [-0.15, -0.1) is 0 Å². The summed E-state index contributed by atoms with van der Waals surface area (Å²) in [6.45, 7) is 0. The van der Waals surface area contributed by atoms with Crippen LogP contribution in [0.5, 0.6) is 23.0 Å². The van der Waals surface area contributed by atoms with Crippen molar-refractivity contribution in [1.29, 1.82) is 0 Å². The molecule has 1 spiro atoms. The van der Waals surface area contributed by atoms with Gasteiger partial charge in [-0.2, -0.15) is 0 Å². The lowest BCUT2D eigenvalue weighted by molar-refractivity contribution is -0.398. The third kappa shape index (κ3) is 2.81. The number of benzene rings is 3. The lowest BCUT2D eigenvalue weighted by Crippen LogP contribution is -2.34. The summed E-state index contributed by atoms with van der Waals surface area (Å²) in [6.07, 6.45) is 0. The summed E-state index contributed by atoms with van der Waals surface area (Å²) in [5.74, 6) is -5.99. The summed E-state index contributed by atoms with van der Waals surface area (Å²) in [5, 5.41) is 67.7. The van der Waals surface area contributed by atoms with Crippen LogP contribution in [0.25, 0.3) is 0 Å². The highest BCUT2D eigenvalue weighted by molar-refractivity contribution is 5.98. The number of nitrogens with zero attached hydrogens (tertiary/aromatic N) is 4. The smallest absolute Gasteiger partial charge is 0.360 e. The molecule has 17 heteroatoms. The predicted octanol–water partition coefficient (Wildman–Crippen LogP) is 3.30. The Morgan fingerprint density at radius 2 is 1.16 bits per heavy atom. The van der Waals surface area contributed by atoms with E-state index in [1.165, 1.54) is 24.3 Å². The van der Waals surface area contributed by atoms with Gasteiger partial charge in [0, 0.05) is 17.7 Å². The van der Waals surface area contributed by atoms with Crippen LogP contribution in [0.3, 0.4) is 0 Å². The fourth-order valence-electron chi connectivity index (χ4n) is 4.47. The van der Waals surface area contributed by atoms with E-state index in [-0.39, 0.29) is 11.1 Å². The van der Waals surface area contributed by atoms with Crippen molar-refractivity contribution in [2.45, 2.75) is 5.60 Å². The third-order valence-corrected chi connectivity index (χ3v) is 5.91. The van der Waals surface area contributed by atoms with Crippen LogP contribution in [0.15, 0.2) is 36.4 Å². The van der Waals surface area contributed by atoms with E-state index in [0.29, 0.717) is 12.1 Å². The molecule has 2 N–H and O–H groups in total. The highest BCUT2D eigenvalue weighted by Crippen LogP contribution is 2.64. The zero-order chi connectivity index (χ0) is 27.0. The fourth-order valence-corrected chi connectivity index (χ4v) is 4.47. The molecule has 0 atom stereocenters. The maximum atomic E-state index is 12.9. The van der Waals surface area contributed by atoms with E-state index in [2.05, 4.69) is 0 Å². The number of phenols is 2. The molecule has 2 heterocycles. The van der Waals surface area contributed by atoms with Crippen LogP contribution in [0.1, 0.15) is 27.0 Å². The summed E-state index contributed by atoms with van der Waals surface area (Å²) < 4.78 is 10.9. The molecule has 0 saturated carbocycles. The molecule has 17 nitrogen and oxygen atoms in total. The number of phenolic OH excluding ortho intramolecular Hbond substituents is 2. The zero-order valence-corrected chi connectivity index (χ0v) is 17.6. The fraction of sp³-hybridized carbons (Fsp3) is 0.0500. The Labute approximate surface area is 201 Å². The van der Waals surface area contributed by atoms with Gasteiger partial charge in [-0.25, -0.2) is 4.79 Å². The van der Waals surface area contributed by atoms with Crippen LogP contribution in [0.4, 0.5) is 22.7 Å². The standard InChI is InChI=1S/C20H8N4O13/c25-15-11(21(28)29)5-9-17(13(15)23(32)33)36-18-10(6-12(22(30)31)16(26)14(18)24(34)35)20(9)8-4-2-1-3-7(8)19(27)37-20/h1-6,25-26H. The molecule has 0 bridgehead atoms. The molecular formula is C20H8N4O13. The van der Waals surface area contributed by atoms with Gasteiger partial charge in [-0.3, -0.25) is 40.5 Å². The highest BCUT2D eigenvalue weighted by atomic mass is 16.6. The summed E-state index contributed by atoms with van der Waals surface area (Å²) in [7, 11) is 0. The first-order valence-electron chi connectivity index (χ1n) is 9.80. The van der Waals surface area contributed by atoms with Gasteiger partial charge in [0.25, 0.3) is 11.5 Å². The highest BCUT2D eigenvalue weighted by Gasteiger charge is 2.59. The van der Waals surface area contributed by atoms with Crippen molar-refractivity contribution in [3.8, 4) is 23.0 Å². The van der Waals surface area contributed by atoms with Crippen LogP contribution in [-0.4, -0.2) is 35.9 Å². The molecule has 2 aliphatic heterocycles. The topological polar surface area (TPSA) is 249 Å². The van der Waals surface area contributed by atoms with Gasteiger partial charge in [0.2, 0.25) is 11.5 Å². The summed E-state index contributed by atoms with van der Waals surface area (Å²) in [4.78, 5) is 55.0. The molecule has 0 aliphatic carbocycles. The first-order valence-corrected chi connectivity index (χ1v) is 9.80. The maximum Gasteiger partial charge on any atom is 0.360 e. The number of fused-ring (bicyclic) bond motifs is 6.